The molecular weight excluding hydrogens is 231 g/mol. The summed E-state index contributed by atoms with van der Waals surface area (Å²) in [5, 5.41) is 0. The normalized spacial score (nSPS) is 10.1. The van der Waals surface area contributed by atoms with Gasteiger partial charge >= 0.3 is 0 Å². The van der Waals surface area contributed by atoms with E-state index in [1.54, 1.807) is 18.2 Å². The number of hydrogen-bond donors (Lipinski definition) is 1. The molecule has 0 bridgehead atoms. The first-order valence-corrected chi connectivity index (χ1v) is 5.48. The summed E-state index contributed by atoms with van der Waals surface area (Å²) in [4.78, 5) is 3.84. The molecule has 0 spiro atoms. The Labute approximate surface area is 105 Å². The number of nitrogens with zero attached hydrogens (tertiary/aromatic N) is 1. The van der Waals surface area contributed by atoms with E-state index in [4.69, 9.17) is 10.5 Å². The summed E-state index contributed by atoms with van der Waals surface area (Å²) in [5.41, 5.74) is 7.29. The molecule has 1 aromatic heterocycles. The highest BCUT2D eigenvalue weighted by molar-refractivity contribution is 5.49. The van der Waals surface area contributed by atoms with E-state index in [2.05, 4.69) is 11.6 Å². The largest absolute Gasteiger partial charge is 0.439 e. The highest BCUT2D eigenvalue weighted by Gasteiger charge is 2.05. The van der Waals surface area contributed by atoms with Crippen molar-refractivity contribution in [3.63, 3.8) is 0 Å². The second kappa shape index (κ2) is 5.31. The van der Waals surface area contributed by atoms with Crippen LogP contribution < -0.4 is 10.5 Å². The number of pyridine rings is 1. The zero-order chi connectivity index (χ0) is 13.0. The Balaban J connectivity index is 2.27. The number of anilines is 1. The van der Waals surface area contributed by atoms with Gasteiger partial charge in [-0.1, -0.05) is 6.08 Å². The van der Waals surface area contributed by atoms with Crippen LogP contribution in [0.1, 0.15) is 5.56 Å². The summed E-state index contributed by atoms with van der Waals surface area (Å²) < 4.78 is 18.3. The van der Waals surface area contributed by atoms with Crippen LogP contribution in [0.25, 0.3) is 0 Å². The Morgan fingerprint density at radius 1 is 1.33 bits per heavy atom. The fourth-order valence-corrected chi connectivity index (χ4v) is 1.55. The van der Waals surface area contributed by atoms with Gasteiger partial charge in [0.15, 0.2) is 0 Å². The molecule has 0 unspecified atom stereocenters. The van der Waals surface area contributed by atoms with Crippen LogP contribution in [-0.4, -0.2) is 4.98 Å². The number of aromatic nitrogens is 1. The van der Waals surface area contributed by atoms with Crippen LogP contribution in [0.3, 0.4) is 0 Å². The first-order chi connectivity index (χ1) is 8.69. The minimum absolute atomic E-state index is 0.339. The van der Waals surface area contributed by atoms with Crippen molar-refractivity contribution in [2.45, 2.75) is 6.42 Å². The summed E-state index contributed by atoms with van der Waals surface area (Å²) in [6.07, 6.45) is 3.51. The Morgan fingerprint density at radius 2 is 2.17 bits per heavy atom. The SMILES string of the molecule is C=CCc1cc(N)ccc1Oc1ccc(F)cn1. The lowest BCUT2D eigenvalue weighted by Gasteiger charge is -2.10. The second-order valence-corrected chi connectivity index (χ2v) is 3.78. The van der Waals surface area contributed by atoms with Crippen LogP contribution in [0, 0.1) is 5.82 Å². The van der Waals surface area contributed by atoms with E-state index in [1.807, 2.05) is 6.07 Å². The molecule has 0 aliphatic carbocycles. The zero-order valence-electron chi connectivity index (χ0n) is 9.77. The molecule has 18 heavy (non-hydrogen) atoms. The van der Waals surface area contributed by atoms with Crippen LogP contribution in [-0.2, 0) is 6.42 Å². The molecule has 2 rings (SSSR count). The Kier molecular flexibility index (Phi) is 3.57. The molecule has 1 heterocycles. The van der Waals surface area contributed by atoms with Crippen molar-refractivity contribution in [2.24, 2.45) is 0 Å². The molecular formula is C14H13FN2O. The Morgan fingerprint density at radius 3 is 2.83 bits per heavy atom. The quantitative estimate of drug-likeness (QED) is 0.663. The van der Waals surface area contributed by atoms with Gasteiger partial charge in [0, 0.05) is 17.3 Å². The maximum Gasteiger partial charge on any atom is 0.219 e. The van der Waals surface area contributed by atoms with E-state index in [1.165, 1.54) is 12.1 Å². The third-order valence-electron chi connectivity index (χ3n) is 2.36. The van der Waals surface area contributed by atoms with Gasteiger partial charge in [-0.25, -0.2) is 9.37 Å². The molecule has 0 saturated carbocycles. The predicted octanol–water partition coefficient (Wildman–Crippen LogP) is 3.32. The molecule has 0 amide bonds. The number of nitrogens with two attached hydrogens (primary N) is 1. The molecule has 92 valence electrons. The Bertz CT molecular complexity index is 552. The third-order valence-corrected chi connectivity index (χ3v) is 2.36. The average molecular weight is 244 g/mol. The second-order valence-electron chi connectivity index (χ2n) is 3.78. The summed E-state index contributed by atoms with van der Waals surface area (Å²) in [7, 11) is 0. The van der Waals surface area contributed by atoms with Crippen molar-refractivity contribution in [3.8, 4) is 11.6 Å². The molecule has 3 nitrogen and oxygen atoms in total. The van der Waals surface area contributed by atoms with Crippen LogP contribution >= 0.6 is 0 Å². The van der Waals surface area contributed by atoms with Gasteiger partial charge < -0.3 is 10.5 Å². The van der Waals surface area contributed by atoms with Crippen LogP contribution in [0.2, 0.25) is 0 Å². The molecule has 2 N–H and O–H groups in total. The molecule has 1 aromatic carbocycles. The molecule has 4 heteroatoms. The standard InChI is InChI=1S/C14H13FN2O/c1-2-3-10-8-12(16)5-6-13(10)18-14-7-4-11(15)9-17-14/h2,4-9H,1,3,16H2. The van der Waals surface area contributed by atoms with E-state index in [-0.39, 0.29) is 0 Å². The van der Waals surface area contributed by atoms with E-state index >= 15 is 0 Å². The van der Waals surface area contributed by atoms with Gasteiger partial charge in [0.2, 0.25) is 5.88 Å². The van der Waals surface area contributed by atoms with Crippen LogP contribution in [0.5, 0.6) is 11.6 Å². The van der Waals surface area contributed by atoms with Crippen LogP contribution in [0.15, 0.2) is 49.2 Å². The lowest BCUT2D eigenvalue weighted by Crippen LogP contribution is -1.95. The van der Waals surface area contributed by atoms with Crippen molar-refractivity contribution in [1.29, 1.82) is 0 Å². The number of allylic oxidation sites excluding steroid dienone is 1. The minimum atomic E-state index is -0.397. The minimum Gasteiger partial charge on any atom is -0.439 e. The maximum absolute atomic E-state index is 12.7. The third kappa shape index (κ3) is 2.85. The first-order valence-electron chi connectivity index (χ1n) is 5.48. The van der Waals surface area contributed by atoms with Crippen LogP contribution in [0.4, 0.5) is 10.1 Å². The fourth-order valence-electron chi connectivity index (χ4n) is 1.55. The summed E-state index contributed by atoms with van der Waals surface area (Å²) in [6, 6.07) is 8.10. The summed E-state index contributed by atoms with van der Waals surface area (Å²) in [5.74, 6) is 0.584. The number of halogens is 1. The molecule has 0 fully saturated rings. The summed E-state index contributed by atoms with van der Waals surface area (Å²) in [6.45, 7) is 3.68. The van der Waals surface area contributed by atoms with Gasteiger partial charge in [-0.2, -0.15) is 0 Å². The van der Waals surface area contributed by atoms with Gasteiger partial charge in [-0.3, -0.25) is 0 Å². The van der Waals surface area contributed by atoms with Crippen molar-refractivity contribution >= 4 is 5.69 Å². The van der Waals surface area contributed by atoms with Gasteiger partial charge in [0.1, 0.15) is 11.6 Å². The van der Waals surface area contributed by atoms with Gasteiger partial charge in [-0.15, -0.1) is 6.58 Å². The van der Waals surface area contributed by atoms with E-state index in [0.29, 0.717) is 23.7 Å². The molecule has 0 atom stereocenters. The molecule has 2 aromatic rings. The van der Waals surface area contributed by atoms with Crippen molar-refractivity contribution in [1.82, 2.24) is 4.98 Å². The average Bonchev–Trinajstić information content (AvgIpc) is 2.36. The number of nitrogen functional groups attached to an aromatic ring is 1. The number of ether oxygens (including phenoxy) is 1. The molecule has 0 saturated heterocycles. The van der Waals surface area contributed by atoms with E-state index in [0.717, 1.165) is 11.8 Å². The van der Waals surface area contributed by atoms with E-state index < -0.39 is 5.82 Å². The number of rotatable bonds is 4. The van der Waals surface area contributed by atoms with Crippen molar-refractivity contribution in [3.05, 3.63) is 60.6 Å². The predicted molar refractivity (Wildman–Crippen MR) is 69.0 cm³/mol. The topological polar surface area (TPSA) is 48.1 Å². The van der Waals surface area contributed by atoms with Crippen molar-refractivity contribution < 1.29 is 9.13 Å². The van der Waals surface area contributed by atoms with Gasteiger partial charge in [-0.05, 0) is 30.7 Å². The van der Waals surface area contributed by atoms with Gasteiger partial charge in [0.05, 0.1) is 6.20 Å². The highest BCUT2D eigenvalue weighted by atomic mass is 19.1. The summed E-state index contributed by atoms with van der Waals surface area (Å²) >= 11 is 0. The lowest BCUT2D eigenvalue weighted by molar-refractivity contribution is 0.455. The molecule has 0 aliphatic rings. The van der Waals surface area contributed by atoms with Crippen molar-refractivity contribution in [2.75, 3.05) is 5.73 Å². The first kappa shape index (κ1) is 12.1. The van der Waals surface area contributed by atoms with Gasteiger partial charge in [0.25, 0.3) is 0 Å². The fraction of sp³-hybridized carbons (Fsp3) is 0.0714. The lowest BCUT2D eigenvalue weighted by atomic mass is 10.1. The highest BCUT2D eigenvalue weighted by Crippen LogP contribution is 2.26. The molecule has 0 aliphatic heterocycles. The zero-order valence-corrected chi connectivity index (χ0v) is 9.77. The monoisotopic (exact) mass is 244 g/mol. The number of hydrogen-bond acceptors (Lipinski definition) is 3. The maximum atomic E-state index is 12.7. The smallest absolute Gasteiger partial charge is 0.219 e. The Hall–Kier alpha value is -2.36. The number of benzene rings is 1. The molecule has 0 radical (unpaired) electrons. The van der Waals surface area contributed by atoms with E-state index in [9.17, 15) is 4.39 Å².